The van der Waals surface area contributed by atoms with Gasteiger partial charge in [-0.1, -0.05) is 6.92 Å². The number of imidazole rings is 1. The molecule has 0 spiro atoms. The molecule has 0 radical (unpaired) electrons. The number of aryl methyl sites for hydroxylation is 1. The van der Waals surface area contributed by atoms with Gasteiger partial charge in [0.25, 0.3) is 0 Å². The van der Waals surface area contributed by atoms with E-state index in [1.165, 1.54) is 0 Å². The van der Waals surface area contributed by atoms with Crippen molar-refractivity contribution in [3.05, 3.63) is 16.1 Å². The van der Waals surface area contributed by atoms with Crippen LogP contribution >= 0.6 is 15.9 Å². The molecule has 1 aromatic rings. The van der Waals surface area contributed by atoms with Gasteiger partial charge in [-0.2, -0.15) is 0 Å². The molecule has 0 amide bonds. The van der Waals surface area contributed by atoms with Gasteiger partial charge in [-0.3, -0.25) is 4.79 Å². The molecule has 72 valence electrons. The molecule has 0 atom stereocenters. The van der Waals surface area contributed by atoms with Crippen LogP contribution in [0.25, 0.3) is 0 Å². The minimum atomic E-state index is 0.357. The predicted molar refractivity (Wildman–Crippen MR) is 51.7 cm³/mol. The van der Waals surface area contributed by atoms with Crippen molar-refractivity contribution >= 4 is 22.2 Å². The molecule has 5 heteroatoms. The van der Waals surface area contributed by atoms with E-state index in [0.29, 0.717) is 17.0 Å². The molecule has 1 aromatic heterocycles. The Morgan fingerprint density at radius 1 is 1.69 bits per heavy atom. The molecule has 4 nitrogen and oxygen atoms in total. The second kappa shape index (κ2) is 4.53. The Hall–Kier alpha value is -0.680. The SMILES string of the molecule is CCc1nc(Br)c(C=O)n1COC. The first-order valence-electron chi connectivity index (χ1n) is 3.93. The van der Waals surface area contributed by atoms with Crippen LogP contribution in [-0.4, -0.2) is 22.9 Å². The molecule has 0 aliphatic carbocycles. The maximum Gasteiger partial charge on any atom is 0.169 e. The fourth-order valence-electron chi connectivity index (χ4n) is 1.14. The lowest BCUT2D eigenvalue weighted by Crippen LogP contribution is -2.07. The van der Waals surface area contributed by atoms with Crippen LogP contribution in [-0.2, 0) is 17.9 Å². The van der Waals surface area contributed by atoms with E-state index >= 15 is 0 Å². The van der Waals surface area contributed by atoms with E-state index in [2.05, 4.69) is 20.9 Å². The number of carbonyl (C=O) groups is 1. The van der Waals surface area contributed by atoms with Gasteiger partial charge < -0.3 is 9.30 Å². The Kier molecular flexibility index (Phi) is 3.62. The van der Waals surface area contributed by atoms with Crippen molar-refractivity contribution in [2.75, 3.05) is 7.11 Å². The third-order valence-electron chi connectivity index (χ3n) is 1.73. The maximum absolute atomic E-state index is 10.7. The number of carbonyl (C=O) groups excluding carboxylic acids is 1. The minimum Gasteiger partial charge on any atom is -0.364 e. The van der Waals surface area contributed by atoms with Gasteiger partial charge in [0.1, 0.15) is 22.9 Å². The summed E-state index contributed by atoms with van der Waals surface area (Å²) in [6.45, 7) is 2.34. The van der Waals surface area contributed by atoms with Gasteiger partial charge in [0.05, 0.1) is 0 Å². The molecule has 0 aliphatic rings. The molecule has 0 saturated heterocycles. The molecule has 0 saturated carbocycles. The van der Waals surface area contributed by atoms with Crippen molar-refractivity contribution < 1.29 is 9.53 Å². The van der Waals surface area contributed by atoms with Crippen LogP contribution in [0.5, 0.6) is 0 Å². The van der Waals surface area contributed by atoms with Crippen LogP contribution in [0.4, 0.5) is 0 Å². The number of hydrogen-bond donors (Lipinski definition) is 0. The summed E-state index contributed by atoms with van der Waals surface area (Å²) >= 11 is 3.22. The zero-order valence-corrected chi connectivity index (χ0v) is 9.17. The normalized spacial score (nSPS) is 10.4. The number of hydrogen-bond acceptors (Lipinski definition) is 3. The summed E-state index contributed by atoms with van der Waals surface area (Å²) in [5.74, 6) is 0.843. The van der Waals surface area contributed by atoms with Crippen molar-refractivity contribution in [2.45, 2.75) is 20.1 Å². The Balaban J connectivity index is 3.15. The molecular formula is C8H11BrN2O2. The molecule has 0 aliphatic heterocycles. The average Bonchev–Trinajstić information content (AvgIpc) is 2.43. The number of rotatable bonds is 4. The van der Waals surface area contributed by atoms with Gasteiger partial charge in [-0.15, -0.1) is 0 Å². The average molecular weight is 247 g/mol. The topological polar surface area (TPSA) is 44.1 Å². The van der Waals surface area contributed by atoms with Gasteiger partial charge in [-0.05, 0) is 15.9 Å². The van der Waals surface area contributed by atoms with Crippen LogP contribution in [0.3, 0.4) is 0 Å². The minimum absolute atomic E-state index is 0.357. The number of methoxy groups -OCH3 is 1. The third-order valence-corrected chi connectivity index (χ3v) is 2.31. The van der Waals surface area contributed by atoms with Crippen LogP contribution in [0.15, 0.2) is 4.60 Å². The molecular weight excluding hydrogens is 236 g/mol. The van der Waals surface area contributed by atoms with E-state index in [-0.39, 0.29) is 0 Å². The lowest BCUT2D eigenvalue weighted by atomic mass is 10.4. The maximum atomic E-state index is 10.7. The Morgan fingerprint density at radius 3 is 2.85 bits per heavy atom. The van der Waals surface area contributed by atoms with Gasteiger partial charge in [0.15, 0.2) is 6.29 Å². The Labute approximate surface area is 85.0 Å². The largest absolute Gasteiger partial charge is 0.364 e. The first-order valence-corrected chi connectivity index (χ1v) is 4.72. The monoisotopic (exact) mass is 246 g/mol. The first kappa shape index (κ1) is 10.4. The summed E-state index contributed by atoms with van der Waals surface area (Å²) in [5, 5.41) is 0. The molecule has 1 rings (SSSR count). The fourth-order valence-corrected chi connectivity index (χ4v) is 1.65. The van der Waals surface area contributed by atoms with E-state index in [0.717, 1.165) is 18.5 Å². The highest BCUT2D eigenvalue weighted by molar-refractivity contribution is 9.10. The molecule has 13 heavy (non-hydrogen) atoms. The lowest BCUT2D eigenvalue weighted by molar-refractivity contribution is 0.106. The Bertz CT molecular complexity index is 309. The van der Waals surface area contributed by atoms with E-state index in [9.17, 15) is 4.79 Å². The number of halogens is 1. The van der Waals surface area contributed by atoms with E-state index in [1.54, 1.807) is 11.7 Å². The van der Waals surface area contributed by atoms with Gasteiger partial charge >= 0.3 is 0 Å². The summed E-state index contributed by atoms with van der Waals surface area (Å²) in [4.78, 5) is 14.9. The van der Waals surface area contributed by atoms with E-state index in [1.807, 2.05) is 6.92 Å². The summed E-state index contributed by atoms with van der Waals surface area (Å²) in [6, 6.07) is 0. The molecule has 0 bridgehead atoms. The summed E-state index contributed by atoms with van der Waals surface area (Å²) < 4.78 is 7.30. The molecule has 0 fully saturated rings. The summed E-state index contributed by atoms with van der Waals surface area (Å²) in [7, 11) is 1.59. The van der Waals surface area contributed by atoms with Crippen LogP contribution in [0.1, 0.15) is 23.2 Å². The van der Waals surface area contributed by atoms with Gasteiger partial charge in [0.2, 0.25) is 0 Å². The van der Waals surface area contributed by atoms with Gasteiger partial charge in [0, 0.05) is 13.5 Å². The fraction of sp³-hybridized carbons (Fsp3) is 0.500. The number of nitrogens with zero attached hydrogens (tertiary/aromatic N) is 2. The molecule has 0 aromatic carbocycles. The lowest BCUT2D eigenvalue weighted by Gasteiger charge is -2.05. The zero-order chi connectivity index (χ0) is 9.84. The number of aromatic nitrogens is 2. The summed E-state index contributed by atoms with van der Waals surface area (Å²) in [5.41, 5.74) is 0.527. The van der Waals surface area contributed by atoms with Crippen LogP contribution in [0, 0.1) is 0 Å². The quantitative estimate of drug-likeness (QED) is 0.759. The molecule has 1 heterocycles. The highest BCUT2D eigenvalue weighted by atomic mass is 79.9. The highest BCUT2D eigenvalue weighted by Crippen LogP contribution is 2.16. The van der Waals surface area contributed by atoms with Crippen molar-refractivity contribution in [2.24, 2.45) is 0 Å². The van der Waals surface area contributed by atoms with Crippen molar-refractivity contribution in [1.82, 2.24) is 9.55 Å². The van der Waals surface area contributed by atoms with Crippen LogP contribution < -0.4 is 0 Å². The Morgan fingerprint density at radius 2 is 2.38 bits per heavy atom. The smallest absolute Gasteiger partial charge is 0.169 e. The standard InChI is InChI=1S/C8H11BrN2O2/c1-3-7-10-8(9)6(4-12)11(7)5-13-2/h4H,3,5H2,1-2H3. The van der Waals surface area contributed by atoms with Crippen molar-refractivity contribution in [3.8, 4) is 0 Å². The van der Waals surface area contributed by atoms with E-state index in [4.69, 9.17) is 4.74 Å². The number of aldehydes is 1. The molecule has 0 unspecified atom stereocenters. The first-order chi connectivity index (χ1) is 6.24. The highest BCUT2D eigenvalue weighted by Gasteiger charge is 2.12. The van der Waals surface area contributed by atoms with Crippen molar-refractivity contribution in [1.29, 1.82) is 0 Å². The van der Waals surface area contributed by atoms with E-state index < -0.39 is 0 Å². The zero-order valence-electron chi connectivity index (χ0n) is 7.58. The second-order valence-corrected chi connectivity index (χ2v) is 3.27. The van der Waals surface area contributed by atoms with Crippen LogP contribution in [0.2, 0.25) is 0 Å². The second-order valence-electron chi connectivity index (χ2n) is 2.52. The third kappa shape index (κ3) is 1.97. The number of ether oxygens (including phenoxy) is 1. The van der Waals surface area contributed by atoms with Gasteiger partial charge in [-0.25, -0.2) is 4.98 Å². The predicted octanol–water partition coefficient (Wildman–Crippen LogP) is 1.62. The van der Waals surface area contributed by atoms with Crippen molar-refractivity contribution in [3.63, 3.8) is 0 Å². The molecule has 0 N–H and O–H groups in total. The summed E-state index contributed by atoms with van der Waals surface area (Å²) in [6.07, 6.45) is 1.55.